The Morgan fingerprint density at radius 1 is 1.14 bits per heavy atom. The number of hydrogen-bond donors (Lipinski definition) is 1. The lowest BCUT2D eigenvalue weighted by Crippen LogP contribution is -2.13. The summed E-state index contributed by atoms with van der Waals surface area (Å²) in [7, 11) is 0. The fraction of sp³-hybridized carbons (Fsp3) is 0.286. The second-order valence-electron chi connectivity index (χ2n) is 4.39. The standard InChI is InChI=1S/C14H13ClF3N3/c1-2-12-20-11(14(16,17)18)7-13(21-12)19-8-9-3-5-10(15)6-4-9/h3-7H,2,8H2,1H3,(H,19,20,21). The molecule has 1 N–H and O–H groups in total. The van der Waals surface area contributed by atoms with E-state index in [1.165, 1.54) is 0 Å². The van der Waals surface area contributed by atoms with Crippen molar-refractivity contribution in [3.63, 3.8) is 0 Å². The van der Waals surface area contributed by atoms with Crippen LogP contribution in [0.15, 0.2) is 30.3 Å². The number of aryl methyl sites for hydroxylation is 1. The number of anilines is 1. The Kier molecular flexibility index (Phi) is 4.67. The van der Waals surface area contributed by atoms with Gasteiger partial charge >= 0.3 is 6.18 Å². The van der Waals surface area contributed by atoms with Gasteiger partial charge in [0.1, 0.15) is 17.3 Å². The number of halogens is 4. The van der Waals surface area contributed by atoms with Crippen molar-refractivity contribution in [2.24, 2.45) is 0 Å². The van der Waals surface area contributed by atoms with Crippen molar-refractivity contribution in [3.05, 3.63) is 52.4 Å². The average molecular weight is 316 g/mol. The fourth-order valence-corrected chi connectivity index (χ4v) is 1.81. The Morgan fingerprint density at radius 2 is 1.81 bits per heavy atom. The van der Waals surface area contributed by atoms with Gasteiger partial charge in [-0.05, 0) is 17.7 Å². The molecule has 7 heteroatoms. The van der Waals surface area contributed by atoms with Gasteiger partial charge in [-0.1, -0.05) is 30.7 Å². The molecule has 1 aromatic heterocycles. The second-order valence-corrected chi connectivity index (χ2v) is 4.82. The first-order valence-electron chi connectivity index (χ1n) is 6.32. The number of benzene rings is 1. The monoisotopic (exact) mass is 315 g/mol. The lowest BCUT2D eigenvalue weighted by Gasteiger charge is -2.11. The van der Waals surface area contributed by atoms with Gasteiger partial charge in [-0.25, -0.2) is 9.97 Å². The summed E-state index contributed by atoms with van der Waals surface area (Å²) in [5, 5.41) is 3.48. The molecule has 0 fully saturated rings. The highest BCUT2D eigenvalue weighted by molar-refractivity contribution is 6.30. The van der Waals surface area contributed by atoms with Crippen molar-refractivity contribution in [2.45, 2.75) is 26.1 Å². The second kappa shape index (κ2) is 6.30. The molecule has 1 heterocycles. The number of nitrogens with one attached hydrogen (secondary N) is 1. The van der Waals surface area contributed by atoms with Crippen LogP contribution < -0.4 is 5.32 Å². The Balaban J connectivity index is 2.17. The largest absolute Gasteiger partial charge is 0.433 e. The Labute approximate surface area is 125 Å². The predicted molar refractivity (Wildman–Crippen MR) is 75.2 cm³/mol. The van der Waals surface area contributed by atoms with E-state index in [0.717, 1.165) is 11.6 Å². The van der Waals surface area contributed by atoms with Crippen molar-refractivity contribution in [1.82, 2.24) is 9.97 Å². The summed E-state index contributed by atoms with van der Waals surface area (Å²) in [6.07, 6.45) is -4.15. The average Bonchev–Trinajstić information content (AvgIpc) is 2.45. The van der Waals surface area contributed by atoms with E-state index < -0.39 is 11.9 Å². The molecule has 0 unspecified atom stereocenters. The van der Waals surface area contributed by atoms with E-state index in [2.05, 4.69) is 15.3 Å². The lowest BCUT2D eigenvalue weighted by molar-refractivity contribution is -0.141. The van der Waals surface area contributed by atoms with E-state index in [9.17, 15) is 13.2 Å². The number of aromatic nitrogens is 2. The van der Waals surface area contributed by atoms with Crippen LogP contribution in [0.5, 0.6) is 0 Å². The Morgan fingerprint density at radius 3 is 2.38 bits per heavy atom. The van der Waals surface area contributed by atoms with Gasteiger partial charge in [-0.15, -0.1) is 0 Å². The summed E-state index contributed by atoms with van der Waals surface area (Å²) < 4.78 is 38.3. The quantitative estimate of drug-likeness (QED) is 0.913. The highest BCUT2D eigenvalue weighted by atomic mass is 35.5. The van der Waals surface area contributed by atoms with E-state index in [4.69, 9.17) is 11.6 Å². The van der Waals surface area contributed by atoms with E-state index in [1.807, 2.05) is 0 Å². The van der Waals surface area contributed by atoms with Gasteiger partial charge in [0.05, 0.1) is 0 Å². The smallest absolute Gasteiger partial charge is 0.366 e. The van der Waals surface area contributed by atoms with Crippen LogP contribution in [-0.2, 0) is 19.1 Å². The van der Waals surface area contributed by atoms with Crippen LogP contribution in [-0.4, -0.2) is 9.97 Å². The zero-order chi connectivity index (χ0) is 15.5. The molecule has 0 saturated carbocycles. The summed E-state index contributed by atoms with van der Waals surface area (Å²) in [5.41, 5.74) is -0.0439. The minimum Gasteiger partial charge on any atom is -0.366 e. The maximum Gasteiger partial charge on any atom is 0.433 e. The van der Waals surface area contributed by atoms with Crippen LogP contribution in [0.2, 0.25) is 5.02 Å². The third-order valence-corrected chi connectivity index (χ3v) is 3.02. The summed E-state index contributed by atoms with van der Waals surface area (Å²) >= 11 is 5.77. The fourth-order valence-electron chi connectivity index (χ4n) is 1.69. The Bertz CT molecular complexity index is 612. The van der Waals surface area contributed by atoms with Crippen molar-refractivity contribution in [1.29, 1.82) is 0 Å². The van der Waals surface area contributed by atoms with Gasteiger partial charge in [0.15, 0.2) is 0 Å². The zero-order valence-electron chi connectivity index (χ0n) is 11.2. The number of nitrogens with zero attached hydrogens (tertiary/aromatic N) is 2. The van der Waals surface area contributed by atoms with E-state index in [0.29, 0.717) is 18.0 Å². The topological polar surface area (TPSA) is 37.8 Å². The third kappa shape index (κ3) is 4.32. The molecule has 21 heavy (non-hydrogen) atoms. The molecular formula is C14H13ClF3N3. The van der Waals surface area contributed by atoms with Crippen LogP contribution in [0, 0.1) is 0 Å². The van der Waals surface area contributed by atoms with Crippen LogP contribution in [0.25, 0.3) is 0 Å². The van der Waals surface area contributed by atoms with Crippen LogP contribution in [0.3, 0.4) is 0 Å². The predicted octanol–water partition coefficient (Wildman–Crippen LogP) is 4.32. The van der Waals surface area contributed by atoms with Crippen LogP contribution in [0.1, 0.15) is 24.0 Å². The molecule has 0 atom stereocenters. The number of alkyl halides is 3. The van der Waals surface area contributed by atoms with E-state index >= 15 is 0 Å². The molecule has 2 rings (SSSR count). The van der Waals surface area contributed by atoms with Gasteiger partial charge in [0.25, 0.3) is 0 Å². The summed E-state index contributed by atoms with van der Waals surface area (Å²) in [4.78, 5) is 7.55. The molecule has 112 valence electrons. The van der Waals surface area contributed by atoms with E-state index in [-0.39, 0.29) is 11.6 Å². The van der Waals surface area contributed by atoms with Gasteiger partial charge in [0, 0.05) is 24.1 Å². The summed E-state index contributed by atoms with van der Waals surface area (Å²) in [5.74, 6) is 0.313. The van der Waals surface area contributed by atoms with E-state index in [1.54, 1.807) is 31.2 Å². The first kappa shape index (κ1) is 15.6. The Hall–Kier alpha value is -1.82. The highest BCUT2D eigenvalue weighted by Gasteiger charge is 2.33. The molecule has 3 nitrogen and oxygen atoms in total. The maximum absolute atomic E-state index is 12.8. The maximum atomic E-state index is 12.8. The van der Waals surface area contributed by atoms with Crippen molar-refractivity contribution < 1.29 is 13.2 Å². The molecule has 0 spiro atoms. The molecule has 0 radical (unpaired) electrons. The molecule has 0 bridgehead atoms. The number of rotatable bonds is 4. The summed E-state index contributed by atoms with van der Waals surface area (Å²) in [6, 6.07) is 7.94. The molecular weight excluding hydrogens is 303 g/mol. The lowest BCUT2D eigenvalue weighted by atomic mass is 10.2. The summed E-state index contributed by atoms with van der Waals surface area (Å²) in [6.45, 7) is 2.06. The molecule has 0 amide bonds. The van der Waals surface area contributed by atoms with Crippen molar-refractivity contribution in [3.8, 4) is 0 Å². The minimum atomic E-state index is -4.48. The van der Waals surface area contributed by atoms with Gasteiger partial charge in [0.2, 0.25) is 0 Å². The van der Waals surface area contributed by atoms with Crippen molar-refractivity contribution >= 4 is 17.4 Å². The molecule has 0 aliphatic rings. The number of hydrogen-bond acceptors (Lipinski definition) is 3. The molecule has 0 aliphatic heterocycles. The molecule has 0 saturated heterocycles. The van der Waals surface area contributed by atoms with Crippen LogP contribution >= 0.6 is 11.6 Å². The molecule has 1 aromatic carbocycles. The highest BCUT2D eigenvalue weighted by Crippen LogP contribution is 2.29. The SMILES string of the molecule is CCc1nc(NCc2ccc(Cl)cc2)cc(C(F)(F)F)n1. The molecule has 2 aromatic rings. The van der Waals surface area contributed by atoms with Crippen LogP contribution in [0.4, 0.5) is 19.0 Å². The molecule has 0 aliphatic carbocycles. The minimum absolute atomic E-state index is 0.156. The normalized spacial score (nSPS) is 11.5. The zero-order valence-corrected chi connectivity index (χ0v) is 12.0. The van der Waals surface area contributed by atoms with Gasteiger partial charge in [-0.2, -0.15) is 13.2 Å². The van der Waals surface area contributed by atoms with Gasteiger partial charge in [-0.3, -0.25) is 0 Å². The third-order valence-electron chi connectivity index (χ3n) is 2.77. The first-order valence-corrected chi connectivity index (χ1v) is 6.69. The first-order chi connectivity index (χ1) is 9.88. The van der Waals surface area contributed by atoms with Crippen molar-refractivity contribution in [2.75, 3.05) is 5.32 Å². The van der Waals surface area contributed by atoms with Gasteiger partial charge < -0.3 is 5.32 Å².